The molecule has 1 fully saturated rings. The van der Waals surface area contributed by atoms with Gasteiger partial charge in [0.05, 0.1) is 13.2 Å². The van der Waals surface area contributed by atoms with Crippen LogP contribution in [0.25, 0.3) is 0 Å². The average molecular weight is 328 g/mol. The molecule has 2 rings (SSSR count). The van der Waals surface area contributed by atoms with E-state index in [1.807, 2.05) is 0 Å². The molecule has 7 nitrogen and oxygen atoms in total. The molecule has 1 aromatic heterocycles. The van der Waals surface area contributed by atoms with Gasteiger partial charge in [-0.25, -0.2) is 18.4 Å². The van der Waals surface area contributed by atoms with E-state index < -0.39 is 45.4 Å². The summed E-state index contributed by atoms with van der Waals surface area (Å²) in [6, 6.07) is 0.753. The summed E-state index contributed by atoms with van der Waals surface area (Å²) in [6.07, 6.45) is -4.54. The number of ether oxygens (including phenoxy) is 2. The molecule has 0 bridgehead atoms. The Morgan fingerprint density at radius 3 is 2.52 bits per heavy atom. The van der Waals surface area contributed by atoms with Crippen molar-refractivity contribution in [1.82, 2.24) is 4.57 Å². The molecule has 0 unspecified atom stereocenters. The second-order valence-corrected chi connectivity index (χ2v) is 5.98. The number of esters is 1. The molecule has 11 heteroatoms. The van der Waals surface area contributed by atoms with Crippen LogP contribution in [0, 0.1) is 0 Å². The van der Waals surface area contributed by atoms with Gasteiger partial charge < -0.3 is 14.0 Å². The molecule has 0 saturated carbocycles. The number of alkyl halides is 3. The highest BCUT2D eigenvalue weighted by atomic mass is 32.2. The topological polar surface area (TPSA) is 101 Å². The molecule has 0 amide bonds. The number of hydrogen-bond donors (Lipinski definition) is 1. The molecular formula is C10H11F3N2O5S. The quantitative estimate of drug-likeness (QED) is 0.799. The van der Waals surface area contributed by atoms with Crippen molar-refractivity contribution in [3.8, 4) is 0 Å². The minimum Gasteiger partial charge on any atom is -0.453 e. The Bertz CT molecular complexity index is 648. The van der Waals surface area contributed by atoms with Gasteiger partial charge in [-0.05, 0) is 6.07 Å². The lowest BCUT2D eigenvalue weighted by molar-refractivity contribution is -0.141. The van der Waals surface area contributed by atoms with E-state index in [0.29, 0.717) is 10.8 Å². The van der Waals surface area contributed by atoms with E-state index >= 15 is 0 Å². The number of nitrogens with zero attached hydrogens (tertiary/aromatic N) is 1. The fourth-order valence-electron chi connectivity index (χ4n) is 1.63. The standard InChI is InChI=1S/C10H11F3N2O5S/c11-10(12,13)5-15-2-7(21(14,17)18)1-8(15)9(16)20-6-3-19-4-6/h1-2,6H,3-5H2,(H2,14,17,18). The van der Waals surface area contributed by atoms with E-state index in [0.717, 1.165) is 6.07 Å². The summed E-state index contributed by atoms with van der Waals surface area (Å²) >= 11 is 0. The molecule has 1 aliphatic rings. The number of primary sulfonamides is 1. The molecule has 2 N–H and O–H groups in total. The zero-order chi connectivity index (χ0) is 15.8. The molecule has 1 aromatic rings. The number of carbonyl (C=O) groups is 1. The minimum atomic E-state index is -4.64. The lowest BCUT2D eigenvalue weighted by atomic mass is 10.3. The first-order chi connectivity index (χ1) is 9.56. The molecule has 0 spiro atoms. The zero-order valence-corrected chi connectivity index (χ0v) is 11.3. The number of rotatable bonds is 4. The summed E-state index contributed by atoms with van der Waals surface area (Å²) in [5.74, 6) is -1.07. The SMILES string of the molecule is NS(=O)(=O)c1cc(C(=O)OC2COC2)n(CC(F)(F)F)c1. The highest BCUT2D eigenvalue weighted by molar-refractivity contribution is 7.89. The van der Waals surface area contributed by atoms with Crippen LogP contribution >= 0.6 is 0 Å². The van der Waals surface area contributed by atoms with Crippen LogP contribution in [-0.4, -0.2) is 44.4 Å². The van der Waals surface area contributed by atoms with Crippen molar-refractivity contribution >= 4 is 16.0 Å². The number of nitrogens with two attached hydrogens (primary N) is 1. The largest absolute Gasteiger partial charge is 0.453 e. The number of aromatic nitrogens is 1. The van der Waals surface area contributed by atoms with E-state index in [2.05, 4.69) is 0 Å². The highest BCUT2D eigenvalue weighted by Crippen LogP contribution is 2.23. The average Bonchev–Trinajstić information content (AvgIpc) is 2.64. The van der Waals surface area contributed by atoms with Gasteiger partial charge in [0, 0.05) is 6.20 Å². The Kier molecular flexibility index (Phi) is 4.00. The van der Waals surface area contributed by atoms with Gasteiger partial charge in [-0.3, -0.25) is 0 Å². The maximum Gasteiger partial charge on any atom is 0.406 e. The van der Waals surface area contributed by atoms with Crippen molar-refractivity contribution in [1.29, 1.82) is 0 Å². The number of sulfonamides is 1. The van der Waals surface area contributed by atoms with Crippen molar-refractivity contribution in [2.45, 2.75) is 23.7 Å². The maximum atomic E-state index is 12.5. The summed E-state index contributed by atoms with van der Waals surface area (Å²) < 4.78 is 69.8. The van der Waals surface area contributed by atoms with Gasteiger partial charge >= 0.3 is 12.1 Å². The molecule has 0 radical (unpaired) electrons. The second-order valence-electron chi connectivity index (χ2n) is 4.41. The normalized spacial score (nSPS) is 16.6. The summed E-state index contributed by atoms with van der Waals surface area (Å²) in [4.78, 5) is 11.2. The Labute approximate surface area is 117 Å². The third kappa shape index (κ3) is 3.95. The Morgan fingerprint density at radius 1 is 1.48 bits per heavy atom. The first-order valence-electron chi connectivity index (χ1n) is 5.65. The zero-order valence-electron chi connectivity index (χ0n) is 10.5. The van der Waals surface area contributed by atoms with Gasteiger partial charge in [-0.15, -0.1) is 0 Å². The fourth-order valence-corrected chi connectivity index (χ4v) is 2.18. The van der Waals surface area contributed by atoms with Crippen LogP contribution in [0.2, 0.25) is 0 Å². The van der Waals surface area contributed by atoms with Crippen LogP contribution in [0.3, 0.4) is 0 Å². The predicted molar refractivity (Wildman–Crippen MR) is 61.9 cm³/mol. The van der Waals surface area contributed by atoms with Gasteiger partial charge in [0.2, 0.25) is 10.0 Å². The Morgan fingerprint density at radius 2 is 2.10 bits per heavy atom. The van der Waals surface area contributed by atoms with Gasteiger partial charge in [-0.2, -0.15) is 13.2 Å². The van der Waals surface area contributed by atoms with Gasteiger partial charge in [0.15, 0.2) is 0 Å². The van der Waals surface area contributed by atoms with E-state index in [1.54, 1.807) is 0 Å². The molecule has 2 heterocycles. The summed E-state index contributed by atoms with van der Waals surface area (Å²) in [5.41, 5.74) is -0.539. The number of carbonyl (C=O) groups excluding carboxylic acids is 1. The lowest BCUT2D eigenvalue weighted by Crippen LogP contribution is -2.38. The van der Waals surface area contributed by atoms with E-state index in [-0.39, 0.29) is 13.2 Å². The molecule has 0 atom stereocenters. The van der Waals surface area contributed by atoms with Crippen LogP contribution in [0.1, 0.15) is 10.5 Å². The third-order valence-corrected chi connectivity index (χ3v) is 3.52. The molecule has 118 valence electrons. The van der Waals surface area contributed by atoms with Crippen LogP contribution in [0.15, 0.2) is 17.2 Å². The van der Waals surface area contributed by atoms with Crippen molar-refractivity contribution in [2.75, 3.05) is 13.2 Å². The van der Waals surface area contributed by atoms with Crippen LogP contribution in [-0.2, 0) is 26.0 Å². The molecule has 0 aliphatic carbocycles. The lowest BCUT2D eigenvalue weighted by Gasteiger charge is -2.25. The van der Waals surface area contributed by atoms with Crippen LogP contribution < -0.4 is 5.14 Å². The van der Waals surface area contributed by atoms with Crippen molar-refractivity contribution in [3.05, 3.63) is 18.0 Å². The monoisotopic (exact) mass is 328 g/mol. The van der Waals surface area contributed by atoms with Crippen LogP contribution in [0.4, 0.5) is 13.2 Å². The second kappa shape index (κ2) is 5.31. The first-order valence-corrected chi connectivity index (χ1v) is 7.19. The summed E-state index contributed by atoms with van der Waals surface area (Å²) in [6.45, 7) is -1.24. The highest BCUT2D eigenvalue weighted by Gasteiger charge is 2.32. The predicted octanol–water partition coefficient (Wildman–Crippen LogP) is 0.253. The van der Waals surface area contributed by atoms with Crippen molar-refractivity contribution in [2.24, 2.45) is 5.14 Å². The first kappa shape index (κ1) is 15.8. The summed E-state index contributed by atoms with van der Waals surface area (Å²) in [5, 5.41) is 4.85. The third-order valence-electron chi connectivity index (χ3n) is 2.64. The smallest absolute Gasteiger partial charge is 0.406 e. The van der Waals surface area contributed by atoms with Gasteiger partial charge in [0.1, 0.15) is 23.2 Å². The van der Waals surface area contributed by atoms with Crippen LogP contribution in [0.5, 0.6) is 0 Å². The van der Waals surface area contributed by atoms with Crippen molar-refractivity contribution in [3.63, 3.8) is 0 Å². The van der Waals surface area contributed by atoms with E-state index in [1.165, 1.54) is 0 Å². The molecule has 1 aliphatic heterocycles. The van der Waals surface area contributed by atoms with Gasteiger partial charge in [-0.1, -0.05) is 0 Å². The molecule has 21 heavy (non-hydrogen) atoms. The Balaban J connectivity index is 2.31. The number of halogens is 3. The fraction of sp³-hybridized carbons (Fsp3) is 0.500. The molecule has 1 saturated heterocycles. The molecule has 0 aromatic carbocycles. The Hall–Kier alpha value is -1.59. The minimum absolute atomic E-state index is 0.147. The summed E-state index contributed by atoms with van der Waals surface area (Å²) in [7, 11) is -4.23. The number of hydrogen-bond acceptors (Lipinski definition) is 5. The van der Waals surface area contributed by atoms with E-state index in [9.17, 15) is 26.4 Å². The van der Waals surface area contributed by atoms with E-state index in [4.69, 9.17) is 14.6 Å². The molecular weight excluding hydrogens is 317 g/mol. The maximum absolute atomic E-state index is 12.5. The van der Waals surface area contributed by atoms with Crippen molar-refractivity contribution < 1.29 is 35.9 Å². The van der Waals surface area contributed by atoms with Gasteiger partial charge in [0.25, 0.3) is 0 Å².